The van der Waals surface area contributed by atoms with Gasteiger partial charge in [-0.2, -0.15) is 18.4 Å². The van der Waals surface area contributed by atoms with Gasteiger partial charge in [0.15, 0.2) is 6.10 Å². The first kappa shape index (κ1) is 24.5. The predicted octanol–water partition coefficient (Wildman–Crippen LogP) is 3.62. The summed E-state index contributed by atoms with van der Waals surface area (Å²) in [5.41, 5.74) is 2.60. The molecule has 0 spiro atoms. The molecule has 1 amide bonds. The van der Waals surface area contributed by atoms with Crippen molar-refractivity contribution in [2.24, 2.45) is 0 Å². The van der Waals surface area contributed by atoms with Crippen molar-refractivity contribution in [2.45, 2.75) is 33.1 Å². The summed E-state index contributed by atoms with van der Waals surface area (Å²) in [4.78, 5) is 24.0. The van der Waals surface area contributed by atoms with Gasteiger partial charge in [-0.15, -0.1) is 0 Å². The molecule has 0 bridgehead atoms. The van der Waals surface area contributed by atoms with Crippen LogP contribution < -0.4 is 10.1 Å². The Morgan fingerprint density at radius 2 is 1.88 bits per heavy atom. The van der Waals surface area contributed by atoms with Crippen molar-refractivity contribution in [3.8, 4) is 17.5 Å². The van der Waals surface area contributed by atoms with Crippen LogP contribution in [-0.4, -0.2) is 42.4 Å². The molecule has 7 nitrogen and oxygen atoms in total. The van der Waals surface area contributed by atoms with Crippen molar-refractivity contribution in [1.82, 2.24) is 9.88 Å². The molecule has 0 aliphatic heterocycles. The Labute approximate surface area is 183 Å². The topological polar surface area (TPSA) is 93.3 Å². The number of aromatic nitrogens is 1. The second kappa shape index (κ2) is 10.0. The number of carbonyl (C=O) groups is 2. The summed E-state index contributed by atoms with van der Waals surface area (Å²) < 4.78 is 48.6. The lowest BCUT2D eigenvalue weighted by Crippen LogP contribution is -2.40. The molecular formula is C22H22F3N3O4. The van der Waals surface area contributed by atoms with Crippen molar-refractivity contribution in [1.29, 1.82) is 5.26 Å². The van der Waals surface area contributed by atoms with Gasteiger partial charge in [0.1, 0.15) is 23.9 Å². The molecule has 1 aromatic heterocycles. The minimum absolute atomic E-state index is 0.393. The van der Waals surface area contributed by atoms with E-state index in [4.69, 9.17) is 9.47 Å². The average Bonchev–Trinajstić information content (AvgIpc) is 3.02. The van der Waals surface area contributed by atoms with Gasteiger partial charge < -0.3 is 19.4 Å². The fraction of sp³-hybridized carbons (Fsp3) is 0.318. The van der Waals surface area contributed by atoms with E-state index in [0.717, 1.165) is 24.0 Å². The average molecular weight is 449 g/mol. The first-order chi connectivity index (χ1) is 15.0. The number of rotatable bonds is 7. The Kier molecular flexibility index (Phi) is 7.70. The fourth-order valence-corrected chi connectivity index (χ4v) is 2.96. The molecule has 0 saturated heterocycles. The summed E-state index contributed by atoms with van der Waals surface area (Å²) in [6.45, 7) is 3.22. The molecule has 2 aromatic rings. The minimum Gasteiger partial charge on any atom is -0.497 e. The van der Waals surface area contributed by atoms with E-state index < -0.39 is 36.3 Å². The van der Waals surface area contributed by atoms with E-state index in [1.54, 1.807) is 43.6 Å². The molecule has 32 heavy (non-hydrogen) atoms. The second-order valence-electron chi connectivity index (χ2n) is 6.91. The number of carbonyl (C=O) groups excluding carboxylic acids is 2. The zero-order chi connectivity index (χ0) is 24.1. The van der Waals surface area contributed by atoms with Crippen LogP contribution in [0.25, 0.3) is 11.8 Å². The zero-order valence-corrected chi connectivity index (χ0v) is 17.9. The van der Waals surface area contributed by atoms with Crippen LogP contribution in [-0.2, 0) is 14.3 Å². The van der Waals surface area contributed by atoms with Gasteiger partial charge in [-0.25, -0.2) is 4.79 Å². The van der Waals surface area contributed by atoms with Crippen LogP contribution >= 0.6 is 0 Å². The molecule has 1 aromatic carbocycles. The minimum atomic E-state index is -4.59. The highest BCUT2D eigenvalue weighted by Gasteiger charge is 2.30. The summed E-state index contributed by atoms with van der Waals surface area (Å²) in [6, 6.07) is 10.8. The van der Waals surface area contributed by atoms with Crippen LogP contribution in [0.15, 0.2) is 35.9 Å². The van der Waals surface area contributed by atoms with E-state index in [2.05, 4.69) is 0 Å². The van der Waals surface area contributed by atoms with Gasteiger partial charge >= 0.3 is 12.1 Å². The first-order valence-corrected chi connectivity index (χ1v) is 9.47. The van der Waals surface area contributed by atoms with Gasteiger partial charge in [0.05, 0.1) is 7.11 Å². The van der Waals surface area contributed by atoms with Crippen molar-refractivity contribution in [3.05, 3.63) is 52.9 Å². The number of esters is 1. The number of amides is 1. The van der Waals surface area contributed by atoms with Gasteiger partial charge in [-0.1, -0.05) is 0 Å². The van der Waals surface area contributed by atoms with Crippen molar-refractivity contribution >= 4 is 18.0 Å². The van der Waals surface area contributed by atoms with E-state index >= 15 is 0 Å². The van der Waals surface area contributed by atoms with Crippen molar-refractivity contribution in [3.63, 3.8) is 0 Å². The van der Waals surface area contributed by atoms with E-state index in [1.807, 2.05) is 23.6 Å². The maximum absolute atomic E-state index is 12.3. The molecule has 1 heterocycles. The molecule has 2 rings (SSSR count). The van der Waals surface area contributed by atoms with E-state index in [-0.39, 0.29) is 0 Å². The lowest BCUT2D eigenvalue weighted by molar-refractivity contribution is -0.154. The number of hydrogen-bond acceptors (Lipinski definition) is 5. The second-order valence-corrected chi connectivity index (χ2v) is 6.91. The molecule has 0 radical (unpaired) electrons. The molecule has 1 unspecified atom stereocenters. The third-order valence-electron chi connectivity index (χ3n) is 4.56. The number of benzene rings is 1. The molecule has 0 aliphatic carbocycles. The number of halogens is 3. The number of aryl methyl sites for hydroxylation is 1. The van der Waals surface area contributed by atoms with Crippen LogP contribution in [0.5, 0.6) is 5.75 Å². The molecule has 0 fully saturated rings. The van der Waals surface area contributed by atoms with Gasteiger partial charge in [-0.05, 0) is 62.7 Å². The standard InChI is InChI=1S/C22H22F3N3O4/c1-13-9-16(14(2)28(13)18-5-7-19(31-4)8-6-18)10-17(11-26)21(30)32-15(3)20(29)27-12-22(23,24)25/h5-10,15H,12H2,1-4H3,(H,27,29)/b17-10+. The monoisotopic (exact) mass is 449 g/mol. The first-order valence-electron chi connectivity index (χ1n) is 9.47. The lowest BCUT2D eigenvalue weighted by Gasteiger charge is -2.14. The third-order valence-corrected chi connectivity index (χ3v) is 4.56. The smallest absolute Gasteiger partial charge is 0.405 e. The van der Waals surface area contributed by atoms with Crippen LogP contribution in [0.1, 0.15) is 23.9 Å². The molecular weight excluding hydrogens is 427 g/mol. The zero-order valence-electron chi connectivity index (χ0n) is 17.9. The van der Waals surface area contributed by atoms with Crippen molar-refractivity contribution < 1.29 is 32.2 Å². The van der Waals surface area contributed by atoms with Crippen LogP contribution in [0, 0.1) is 25.2 Å². The Morgan fingerprint density at radius 1 is 1.25 bits per heavy atom. The predicted molar refractivity (Wildman–Crippen MR) is 110 cm³/mol. The molecule has 0 aliphatic rings. The molecule has 1 atom stereocenters. The Bertz CT molecular complexity index is 1060. The number of hydrogen-bond donors (Lipinski definition) is 1. The highest BCUT2D eigenvalue weighted by Crippen LogP contribution is 2.24. The molecule has 0 saturated carbocycles. The number of methoxy groups -OCH3 is 1. The number of ether oxygens (including phenoxy) is 2. The van der Waals surface area contributed by atoms with Gasteiger partial charge in [0.2, 0.25) is 0 Å². The van der Waals surface area contributed by atoms with Gasteiger partial charge in [-0.3, -0.25) is 4.79 Å². The quantitative estimate of drug-likeness (QED) is 0.396. The highest BCUT2D eigenvalue weighted by atomic mass is 19.4. The fourth-order valence-electron chi connectivity index (χ4n) is 2.96. The van der Waals surface area contributed by atoms with E-state index in [1.165, 1.54) is 6.08 Å². The Balaban J connectivity index is 2.21. The summed E-state index contributed by atoms with van der Waals surface area (Å²) in [5, 5.41) is 11.0. The normalized spacial score (nSPS) is 12.6. The number of alkyl halides is 3. The van der Waals surface area contributed by atoms with Gasteiger partial charge in [0, 0.05) is 17.1 Å². The molecule has 170 valence electrons. The van der Waals surface area contributed by atoms with Gasteiger partial charge in [0.25, 0.3) is 5.91 Å². The maximum atomic E-state index is 12.3. The molecule has 10 heteroatoms. The van der Waals surface area contributed by atoms with E-state index in [9.17, 15) is 28.0 Å². The Morgan fingerprint density at radius 3 is 2.41 bits per heavy atom. The Hall–Kier alpha value is -3.74. The third kappa shape index (κ3) is 6.14. The largest absolute Gasteiger partial charge is 0.497 e. The number of nitriles is 1. The summed E-state index contributed by atoms with van der Waals surface area (Å²) in [5.74, 6) is -1.54. The van der Waals surface area contributed by atoms with Crippen LogP contribution in [0.2, 0.25) is 0 Å². The summed E-state index contributed by atoms with van der Waals surface area (Å²) in [6.07, 6.45) is -4.79. The number of nitrogens with zero attached hydrogens (tertiary/aromatic N) is 2. The van der Waals surface area contributed by atoms with E-state index in [0.29, 0.717) is 11.3 Å². The van der Waals surface area contributed by atoms with Crippen LogP contribution in [0.3, 0.4) is 0 Å². The summed E-state index contributed by atoms with van der Waals surface area (Å²) in [7, 11) is 1.56. The number of nitrogens with one attached hydrogen (secondary N) is 1. The maximum Gasteiger partial charge on any atom is 0.405 e. The lowest BCUT2D eigenvalue weighted by atomic mass is 10.1. The molecule has 1 N–H and O–H groups in total. The summed E-state index contributed by atoms with van der Waals surface area (Å²) >= 11 is 0. The highest BCUT2D eigenvalue weighted by molar-refractivity contribution is 5.99. The van der Waals surface area contributed by atoms with Crippen molar-refractivity contribution in [2.75, 3.05) is 13.7 Å². The SMILES string of the molecule is COc1ccc(-n2c(C)cc(/C=C(\C#N)C(=O)OC(C)C(=O)NCC(F)(F)F)c2C)cc1. The van der Waals surface area contributed by atoms with Crippen LogP contribution in [0.4, 0.5) is 13.2 Å².